The van der Waals surface area contributed by atoms with Crippen LogP contribution in [0.25, 0.3) is 17.0 Å². The Morgan fingerprint density at radius 2 is 1.58 bits per heavy atom. The van der Waals surface area contributed by atoms with Crippen LogP contribution in [0.5, 0.6) is 23.0 Å². The molecule has 0 aliphatic heterocycles. The van der Waals surface area contributed by atoms with Gasteiger partial charge in [-0.1, -0.05) is 0 Å². The molecule has 0 unspecified atom stereocenters. The van der Waals surface area contributed by atoms with E-state index < -0.39 is 0 Å². The molecule has 2 aromatic carbocycles. The van der Waals surface area contributed by atoms with Crippen LogP contribution in [0.3, 0.4) is 0 Å². The first-order valence-corrected chi connectivity index (χ1v) is 9.30. The molecular formula is C21H22N6O4. The number of rotatable bonds is 7. The monoisotopic (exact) mass is 422 g/mol. The number of nitrogen functional groups attached to an aromatic ring is 1. The molecule has 0 aliphatic rings. The summed E-state index contributed by atoms with van der Waals surface area (Å²) < 4.78 is 23.1. The molecule has 0 saturated carbocycles. The van der Waals surface area contributed by atoms with Crippen LogP contribution in [0.2, 0.25) is 0 Å². The van der Waals surface area contributed by atoms with Crippen LogP contribution in [0, 0.1) is 0 Å². The Bertz CT molecular complexity index is 1210. The molecule has 160 valence electrons. The van der Waals surface area contributed by atoms with Gasteiger partial charge in [0.05, 0.1) is 34.1 Å². The first-order chi connectivity index (χ1) is 15.1. The van der Waals surface area contributed by atoms with Gasteiger partial charge in [0.1, 0.15) is 5.75 Å². The fourth-order valence-electron chi connectivity index (χ4n) is 3.22. The van der Waals surface area contributed by atoms with Gasteiger partial charge in [-0.3, -0.25) is 0 Å². The summed E-state index contributed by atoms with van der Waals surface area (Å²) in [5, 5.41) is 7.71. The van der Waals surface area contributed by atoms with Crippen molar-refractivity contribution >= 4 is 23.0 Å². The average Bonchev–Trinajstić information content (AvgIpc) is 3.20. The molecule has 0 amide bonds. The Morgan fingerprint density at radius 3 is 2.19 bits per heavy atom. The number of hydrogen-bond donors (Lipinski definition) is 2. The summed E-state index contributed by atoms with van der Waals surface area (Å²) in [7, 11) is 6.25. The second kappa shape index (κ2) is 8.27. The SMILES string of the molecule is COc1ccc(Nc2nc3ccnc(-c4cc(OC)c(OC)c(OC)c4)n3n2)cc1N. The van der Waals surface area contributed by atoms with Crippen LogP contribution < -0.4 is 30.0 Å². The van der Waals surface area contributed by atoms with Crippen LogP contribution in [0.4, 0.5) is 17.3 Å². The minimum atomic E-state index is 0.395. The third-order valence-electron chi connectivity index (χ3n) is 4.66. The molecular weight excluding hydrogens is 400 g/mol. The van der Waals surface area contributed by atoms with E-state index in [0.717, 1.165) is 11.3 Å². The van der Waals surface area contributed by atoms with Crippen molar-refractivity contribution in [1.82, 2.24) is 19.6 Å². The van der Waals surface area contributed by atoms with Crippen molar-refractivity contribution in [2.24, 2.45) is 0 Å². The van der Waals surface area contributed by atoms with Gasteiger partial charge in [-0.2, -0.15) is 9.50 Å². The molecule has 2 aromatic heterocycles. The number of anilines is 3. The maximum Gasteiger partial charge on any atom is 0.247 e. The van der Waals surface area contributed by atoms with Crippen molar-refractivity contribution in [3.63, 3.8) is 0 Å². The minimum absolute atomic E-state index is 0.395. The van der Waals surface area contributed by atoms with E-state index in [1.54, 1.807) is 57.4 Å². The number of methoxy groups -OCH3 is 4. The molecule has 0 saturated heterocycles. The second-order valence-electron chi connectivity index (χ2n) is 6.47. The van der Waals surface area contributed by atoms with Crippen molar-refractivity contribution in [1.29, 1.82) is 0 Å². The molecule has 0 atom stereocenters. The minimum Gasteiger partial charge on any atom is -0.495 e. The first-order valence-electron chi connectivity index (χ1n) is 9.30. The normalized spacial score (nSPS) is 10.7. The van der Waals surface area contributed by atoms with Crippen molar-refractivity contribution < 1.29 is 18.9 Å². The van der Waals surface area contributed by atoms with Crippen LogP contribution in [-0.2, 0) is 0 Å². The number of nitrogens with zero attached hydrogens (tertiary/aromatic N) is 4. The van der Waals surface area contributed by atoms with Crippen LogP contribution in [0.15, 0.2) is 42.6 Å². The standard InChI is InChI=1S/C21H22N6O4/c1-28-15-6-5-13(11-14(15)22)24-21-25-18-7-8-23-20(27(18)26-21)12-9-16(29-2)19(31-4)17(10-12)30-3/h5-11H,22H2,1-4H3,(H,24,26). The van der Waals surface area contributed by atoms with Gasteiger partial charge in [0.25, 0.3) is 0 Å². The van der Waals surface area contributed by atoms with E-state index in [1.165, 1.54) is 0 Å². The molecule has 0 fully saturated rings. The van der Waals surface area contributed by atoms with Gasteiger partial charge in [-0.05, 0) is 30.3 Å². The molecule has 0 spiro atoms. The largest absolute Gasteiger partial charge is 0.495 e. The fraction of sp³-hybridized carbons (Fsp3) is 0.190. The van der Waals surface area contributed by atoms with Gasteiger partial charge >= 0.3 is 0 Å². The molecule has 3 N–H and O–H groups in total. The average molecular weight is 422 g/mol. The molecule has 4 aromatic rings. The van der Waals surface area contributed by atoms with E-state index in [4.69, 9.17) is 24.7 Å². The first kappa shape index (κ1) is 20.1. The van der Waals surface area contributed by atoms with E-state index in [1.807, 2.05) is 18.2 Å². The molecule has 4 rings (SSSR count). The van der Waals surface area contributed by atoms with Crippen LogP contribution in [0.1, 0.15) is 0 Å². The van der Waals surface area contributed by atoms with E-state index >= 15 is 0 Å². The topological polar surface area (TPSA) is 118 Å². The summed E-state index contributed by atoms with van der Waals surface area (Å²) in [4.78, 5) is 9.01. The van der Waals surface area contributed by atoms with E-state index in [0.29, 0.717) is 46.1 Å². The number of nitrogens with two attached hydrogens (primary N) is 1. The highest BCUT2D eigenvalue weighted by Gasteiger charge is 2.17. The number of nitrogens with one attached hydrogen (secondary N) is 1. The van der Waals surface area contributed by atoms with Crippen molar-refractivity contribution in [2.75, 3.05) is 39.5 Å². The van der Waals surface area contributed by atoms with Gasteiger partial charge in [0.2, 0.25) is 11.7 Å². The van der Waals surface area contributed by atoms with Crippen LogP contribution in [-0.4, -0.2) is 48.0 Å². The van der Waals surface area contributed by atoms with Gasteiger partial charge < -0.3 is 30.0 Å². The summed E-state index contributed by atoms with van der Waals surface area (Å²) >= 11 is 0. The lowest BCUT2D eigenvalue weighted by molar-refractivity contribution is 0.324. The highest BCUT2D eigenvalue weighted by atomic mass is 16.5. The lowest BCUT2D eigenvalue weighted by Crippen LogP contribution is -2.01. The lowest BCUT2D eigenvalue weighted by Gasteiger charge is -2.14. The van der Waals surface area contributed by atoms with Gasteiger partial charge in [-0.15, -0.1) is 5.10 Å². The Morgan fingerprint density at radius 1 is 0.871 bits per heavy atom. The predicted octanol–water partition coefficient (Wildman–Crippen LogP) is 3.15. The van der Waals surface area contributed by atoms with Gasteiger partial charge in [0, 0.05) is 23.5 Å². The summed E-state index contributed by atoms with van der Waals surface area (Å²) in [5.41, 5.74) is 8.57. The Hall–Kier alpha value is -4.21. The highest BCUT2D eigenvalue weighted by molar-refractivity contribution is 5.69. The third kappa shape index (κ3) is 3.70. The zero-order chi connectivity index (χ0) is 22.0. The molecule has 2 heterocycles. The maximum absolute atomic E-state index is 5.98. The zero-order valence-electron chi connectivity index (χ0n) is 17.5. The molecule has 0 radical (unpaired) electrons. The zero-order valence-corrected chi connectivity index (χ0v) is 17.5. The third-order valence-corrected chi connectivity index (χ3v) is 4.66. The number of hydrogen-bond acceptors (Lipinski definition) is 9. The van der Waals surface area contributed by atoms with Gasteiger partial charge in [-0.25, -0.2) is 4.98 Å². The number of fused-ring (bicyclic) bond motifs is 1. The highest BCUT2D eigenvalue weighted by Crippen LogP contribution is 2.40. The van der Waals surface area contributed by atoms with Gasteiger partial charge in [0.15, 0.2) is 23.0 Å². The summed E-state index contributed by atoms with van der Waals surface area (Å²) in [6, 6.07) is 10.7. The maximum atomic E-state index is 5.98. The summed E-state index contributed by atoms with van der Waals surface area (Å²) in [5.74, 6) is 3.09. The Balaban J connectivity index is 1.76. The summed E-state index contributed by atoms with van der Waals surface area (Å²) in [6.07, 6.45) is 1.66. The number of ether oxygens (including phenoxy) is 4. The second-order valence-corrected chi connectivity index (χ2v) is 6.47. The molecule has 0 aliphatic carbocycles. The molecule has 31 heavy (non-hydrogen) atoms. The number of aromatic nitrogens is 4. The number of benzene rings is 2. The molecule has 0 bridgehead atoms. The lowest BCUT2D eigenvalue weighted by atomic mass is 10.1. The molecule has 10 nitrogen and oxygen atoms in total. The predicted molar refractivity (Wildman–Crippen MR) is 117 cm³/mol. The van der Waals surface area contributed by atoms with E-state index in [-0.39, 0.29) is 0 Å². The smallest absolute Gasteiger partial charge is 0.247 e. The Kier molecular flexibility index (Phi) is 5.35. The Labute approximate surface area is 178 Å². The summed E-state index contributed by atoms with van der Waals surface area (Å²) in [6.45, 7) is 0. The van der Waals surface area contributed by atoms with E-state index in [9.17, 15) is 0 Å². The fourth-order valence-corrected chi connectivity index (χ4v) is 3.22. The van der Waals surface area contributed by atoms with E-state index in [2.05, 4.69) is 20.4 Å². The van der Waals surface area contributed by atoms with Crippen molar-refractivity contribution in [2.45, 2.75) is 0 Å². The molecule has 10 heteroatoms. The van der Waals surface area contributed by atoms with Crippen molar-refractivity contribution in [3.8, 4) is 34.4 Å². The van der Waals surface area contributed by atoms with Crippen LogP contribution >= 0.6 is 0 Å². The quantitative estimate of drug-likeness (QED) is 0.433. The van der Waals surface area contributed by atoms with Crippen molar-refractivity contribution in [3.05, 3.63) is 42.6 Å².